The van der Waals surface area contributed by atoms with Gasteiger partial charge >= 0.3 is 0 Å². The molecule has 0 bridgehead atoms. The summed E-state index contributed by atoms with van der Waals surface area (Å²) in [6, 6.07) is 18.1. The van der Waals surface area contributed by atoms with Crippen molar-refractivity contribution < 1.29 is 4.74 Å². The van der Waals surface area contributed by atoms with Crippen molar-refractivity contribution in [3.05, 3.63) is 78.1 Å². The van der Waals surface area contributed by atoms with E-state index in [0.717, 1.165) is 41.3 Å². The summed E-state index contributed by atoms with van der Waals surface area (Å²) < 4.78 is 5.80. The molecule has 0 saturated carbocycles. The molecule has 0 amide bonds. The van der Waals surface area contributed by atoms with Gasteiger partial charge in [0.2, 0.25) is 0 Å². The fourth-order valence-corrected chi connectivity index (χ4v) is 2.79. The number of ether oxygens (including phenoxy) is 1. The van der Waals surface area contributed by atoms with Gasteiger partial charge in [-0.15, -0.1) is 0 Å². The SMILES string of the molecule is CCCCCCOc1ccc(C=Cc2ccnc(-c3ccccn3)c2)cc1. The molecule has 2 aromatic heterocycles. The summed E-state index contributed by atoms with van der Waals surface area (Å²) in [7, 11) is 0. The zero-order valence-corrected chi connectivity index (χ0v) is 15.8. The van der Waals surface area contributed by atoms with Gasteiger partial charge in [0.25, 0.3) is 0 Å². The maximum absolute atomic E-state index is 5.80. The second-order valence-corrected chi connectivity index (χ2v) is 6.50. The first kappa shape index (κ1) is 18.8. The lowest BCUT2D eigenvalue weighted by Gasteiger charge is -2.06. The van der Waals surface area contributed by atoms with Gasteiger partial charge in [0.15, 0.2) is 0 Å². The monoisotopic (exact) mass is 358 g/mol. The highest BCUT2D eigenvalue weighted by Gasteiger charge is 2.00. The maximum Gasteiger partial charge on any atom is 0.119 e. The van der Waals surface area contributed by atoms with Gasteiger partial charge in [-0.2, -0.15) is 0 Å². The normalized spacial score (nSPS) is 11.0. The summed E-state index contributed by atoms with van der Waals surface area (Å²) >= 11 is 0. The van der Waals surface area contributed by atoms with Crippen LogP contribution in [0, 0.1) is 0 Å². The lowest BCUT2D eigenvalue weighted by Crippen LogP contribution is -1.96. The maximum atomic E-state index is 5.80. The van der Waals surface area contributed by atoms with Crippen LogP contribution in [-0.2, 0) is 0 Å². The average molecular weight is 358 g/mol. The van der Waals surface area contributed by atoms with E-state index in [-0.39, 0.29) is 0 Å². The number of nitrogens with zero attached hydrogens (tertiary/aromatic N) is 2. The zero-order valence-electron chi connectivity index (χ0n) is 15.8. The highest BCUT2D eigenvalue weighted by Crippen LogP contribution is 2.18. The topological polar surface area (TPSA) is 35.0 Å². The standard InChI is InChI=1S/C24H26N2O/c1-2-3-4-7-18-27-22-13-11-20(12-14-22)9-10-21-15-17-26-24(19-21)23-8-5-6-16-25-23/h5-6,8-17,19H,2-4,7,18H2,1H3. The lowest BCUT2D eigenvalue weighted by molar-refractivity contribution is 0.305. The Morgan fingerprint density at radius 2 is 1.59 bits per heavy atom. The predicted octanol–water partition coefficient (Wildman–Crippen LogP) is 6.27. The van der Waals surface area contributed by atoms with Crippen molar-refractivity contribution >= 4 is 12.2 Å². The number of hydrogen-bond acceptors (Lipinski definition) is 3. The fourth-order valence-electron chi connectivity index (χ4n) is 2.79. The van der Waals surface area contributed by atoms with Crippen LogP contribution < -0.4 is 4.74 Å². The van der Waals surface area contributed by atoms with Crippen LogP contribution in [0.5, 0.6) is 5.75 Å². The molecule has 3 nitrogen and oxygen atoms in total. The molecule has 0 aliphatic carbocycles. The molecule has 0 aliphatic heterocycles. The van der Waals surface area contributed by atoms with Crippen molar-refractivity contribution in [1.82, 2.24) is 9.97 Å². The zero-order chi connectivity index (χ0) is 18.7. The Kier molecular flexibility index (Phi) is 7.16. The summed E-state index contributed by atoms with van der Waals surface area (Å²) in [5, 5.41) is 0. The van der Waals surface area contributed by atoms with Crippen molar-refractivity contribution in [3.8, 4) is 17.1 Å². The molecule has 0 spiro atoms. The van der Waals surface area contributed by atoms with Gasteiger partial charge in [-0.3, -0.25) is 9.97 Å². The average Bonchev–Trinajstić information content (AvgIpc) is 2.74. The molecule has 0 aliphatic rings. The molecule has 0 fully saturated rings. The summed E-state index contributed by atoms with van der Waals surface area (Å²) in [5.41, 5.74) is 4.00. The van der Waals surface area contributed by atoms with E-state index in [1.807, 2.05) is 48.7 Å². The Morgan fingerprint density at radius 1 is 0.778 bits per heavy atom. The summed E-state index contributed by atoms with van der Waals surface area (Å²) in [4.78, 5) is 8.77. The third-order valence-corrected chi connectivity index (χ3v) is 4.33. The van der Waals surface area contributed by atoms with Crippen LogP contribution in [-0.4, -0.2) is 16.6 Å². The molecule has 3 rings (SSSR count). The smallest absolute Gasteiger partial charge is 0.119 e. The first-order chi connectivity index (χ1) is 13.3. The second kappa shape index (κ2) is 10.3. The molecule has 1 aromatic carbocycles. The van der Waals surface area contributed by atoms with Crippen LogP contribution in [0.3, 0.4) is 0 Å². The van der Waals surface area contributed by atoms with E-state index in [4.69, 9.17) is 4.74 Å². The molecule has 0 radical (unpaired) electrons. The van der Waals surface area contributed by atoms with Crippen molar-refractivity contribution in [1.29, 1.82) is 0 Å². The molecule has 3 aromatic rings. The van der Waals surface area contributed by atoms with Crippen molar-refractivity contribution in [2.45, 2.75) is 32.6 Å². The van der Waals surface area contributed by atoms with E-state index in [1.54, 1.807) is 6.20 Å². The molecule has 3 heteroatoms. The van der Waals surface area contributed by atoms with Crippen LogP contribution in [0.15, 0.2) is 67.0 Å². The number of benzene rings is 1. The van der Waals surface area contributed by atoms with E-state index in [0.29, 0.717) is 0 Å². The van der Waals surface area contributed by atoms with Gasteiger partial charge in [0, 0.05) is 12.4 Å². The van der Waals surface area contributed by atoms with E-state index < -0.39 is 0 Å². The van der Waals surface area contributed by atoms with Crippen molar-refractivity contribution in [3.63, 3.8) is 0 Å². The highest BCUT2D eigenvalue weighted by atomic mass is 16.5. The minimum atomic E-state index is 0.794. The van der Waals surface area contributed by atoms with Gasteiger partial charge in [0.05, 0.1) is 18.0 Å². The number of hydrogen-bond donors (Lipinski definition) is 0. The number of pyridine rings is 2. The molecule has 0 atom stereocenters. The van der Waals surface area contributed by atoms with Gasteiger partial charge in [-0.25, -0.2) is 0 Å². The van der Waals surface area contributed by atoms with E-state index in [9.17, 15) is 0 Å². The Morgan fingerprint density at radius 3 is 2.37 bits per heavy atom. The Balaban J connectivity index is 1.58. The molecule has 27 heavy (non-hydrogen) atoms. The van der Waals surface area contributed by atoms with Gasteiger partial charge in [-0.05, 0) is 53.9 Å². The van der Waals surface area contributed by atoms with Crippen LogP contribution >= 0.6 is 0 Å². The number of rotatable bonds is 9. The van der Waals surface area contributed by atoms with Gasteiger partial charge < -0.3 is 4.74 Å². The van der Waals surface area contributed by atoms with E-state index >= 15 is 0 Å². The predicted molar refractivity (Wildman–Crippen MR) is 112 cm³/mol. The Labute approximate surface area is 161 Å². The van der Waals surface area contributed by atoms with E-state index in [1.165, 1.54) is 19.3 Å². The van der Waals surface area contributed by atoms with Gasteiger partial charge in [0.1, 0.15) is 5.75 Å². The van der Waals surface area contributed by atoms with Crippen molar-refractivity contribution in [2.24, 2.45) is 0 Å². The van der Waals surface area contributed by atoms with Crippen molar-refractivity contribution in [2.75, 3.05) is 6.61 Å². The largest absolute Gasteiger partial charge is 0.494 e. The van der Waals surface area contributed by atoms with E-state index in [2.05, 4.69) is 41.2 Å². The summed E-state index contributed by atoms with van der Waals surface area (Å²) in [5.74, 6) is 0.935. The Hall–Kier alpha value is -2.94. The highest BCUT2D eigenvalue weighted by molar-refractivity contribution is 5.71. The van der Waals surface area contributed by atoms with Crippen LogP contribution in [0.25, 0.3) is 23.5 Å². The Bertz CT molecular complexity index is 842. The van der Waals surface area contributed by atoms with Crippen LogP contribution in [0.4, 0.5) is 0 Å². The minimum absolute atomic E-state index is 0.794. The number of unbranched alkanes of at least 4 members (excludes halogenated alkanes) is 3. The molecular weight excluding hydrogens is 332 g/mol. The third kappa shape index (κ3) is 6.07. The first-order valence-electron chi connectivity index (χ1n) is 9.63. The molecule has 0 unspecified atom stereocenters. The van der Waals surface area contributed by atoms with Crippen LogP contribution in [0.1, 0.15) is 43.7 Å². The quantitative estimate of drug-likeness (QED) is 0.423. The summed E-state index contributed by atoms with van der Waals surface area (Å²) in [6.07, 6.45) is 12.7. The summed E-state index contributed by atoms with van der Waals surface area (Å²) in [6.45, 7) is 3.01. The van der Waals surface area contributed by atoms with Crippen LogP contribution in [0.2, 0.25) is 0 Å². The second-order valence-electron chi connectivity index (χ2n) is 6.50. The third-order valence-electron chi connectivity index (χ3n) is 4.33. The molecule has 138 valence electrons. The molecule has 2 heterocycles. The number of aromatic nitrogens is 2. The first-order valence-corrected chi connectivity index (χ1v) is 9.63. The molecule has 0 saturated heterocycles. The molecule has 0 N–H and O–H groups in total. The molecular formula is C24H26N2O. The lowest BCUT2D eigenvalue weighted by atomic mass is 10.1. The minimum Gasteiger partial charge on any atom is -0.494 e. The van der Waals surface area contributed by atoms with Gasteiger partial charge in [-0.1, -0.05) is 56.5 Å². The fraction of sp³-hybridized carbons (Fsp3) is 0.250.